The summed E-state index contributed by atoms with van der Waals surface area (Å²) in [5, 5.41) is 3.42. The van der Waals surface area contributed by atoms with Crippen molar-refractivity contribution in [3.05, 3.63) is 53.9 Å². The lowest BCUT2D eigenvalue weighted by Gasteiger charge is -2.09. The monoisotopic (exact) mass is 230 g/mol. The Kier molecular flexibility index (Phi) is 3.83. The van der Waals surface area contributed by atoms with Crippen LogP contribution in [-0.4, -0.2) is 11.7 Å². The Labute approximate surface area is 102 Å². The van der Waals surface area contributed by atoms with Gasteiger partial charge in [0.2, 0.25) is 0 Å². The Hall–Kier alpha value is -1.74. The fourth-order valence-corrected chi connectivity index (χ4v) is 1.85. The number of nitrogens with zero attached hydrogens (tertiary/aromatic N) is 1. The van der Waals surface area contributed by atoms with Crippen molar-refractivity contribution in [2.24, 2.45) is 7.05 Å². The molecule has 0 saturated carbocycles. The van der Waals surface area contributed by atoms with Gasteiger partial charge in [-0.3, -0.25) is 0 Å². The zero-order chi connectivity index (χ0) is 12.1. The molecular weight excluding hydrogens is 212 g/mol. The highest BCUT2D eigenvalue weighted by atomic mass is 16.5. The molecule has 2 aromatic rings. The highest BCUT2D eigenvalue weighted by molar-refractivity contribution is 5.33. The lowest BCUT2D eigenvalue weighted by Crippen LogP contribution is -2.15. The molecule has 1 heterocycles. The van der Waals surface area contributed by atoms with Crippen molar-refractivity contribution < 1.29 is 4.74 Å². The van der Waals surface area contributed by atoms with E-state index in [0.717, 1.165) is 18.8 Å². The maximum Gasteiger partial charge on any atom is 0.123 e. The fraction of sp³-hybridized carbons (Fsp3) is 0.286. The summed E-state index contributed by atoms with van der Waals surface area (Å²) in [6, 6.07) is 12.3. The molecule has 90 valence electrons. The normalized spacial score (nSPS) is 10.5. The molecule has 0 amide bonds. The third kappa shape index (κ3) is 2.88. The first-order chi connectivity index (χ1) is 8.31. The summed E-state index contributed by atoms with van der Waals surface area (Å²) in [5.41, 5.74) is 2.46. The molecule has 0 spiro atoms. The van der Waals surface area contributed by atoms with Gasteiger partial charge in [-0.1, -0.05) is 18.2 Å². The number of nitrogens with one attached hydrogen (secondary N) is 1. The van der Waals surface area contributed by atoms with E-state index in [1.54, 1.807) is 7.11 Å². The average molecular weight is 230 g/mol. The van der Waals surface area contributed by atoms with Crippen molar-refractivity contribution in [2.75, 3.05) is 7.11 Å². The molecule has 1 aromatic heterocycles. The molecule has 1 N–H and O–H groups in total. The molecule has 0 radical (unpaired) electrons. The molecule has 3 heteroatoms. The molecule has 0 aliphatic heterocycles. The maximum atomic E-state index is 5.31. The van der Waals surface area contributed by atoms with Crippen molar-refractivity contribution in [3.8, 4) is 5.75 Å². The Morgan fingerprint density at radius 2 is 1.94 bits per heavy atom. The van der Waals surface area contributed by atoms with Gasteiger partial charge < -0.3 is 14.6 Å². The SMILES string of the molecule is COc1ccccc1CNCc1cccn1C. The Balaban J connectivity index is 1.92. The number of benzene rings is 1. The van der Waals surface area contributed by atoms with Crippen LogP contribution in [0.5, 0.6) is 5.75 Å². The minimum Gasteiger partial charge on any atom is -0.496 e. The molecule has 2 rings (SSSR count). The predicted octanol–water partition coefficient (Wildman–Crippen LogP) is 2.32. The van der Waals surface area contributed by atoms with Gasteiger partial charge in [0.25, 0.3) is 0 Å². The molecule has 0 saturated heterocycles. The van der Waals surface area contributed by atoms with E-state index in [2.05, 4.69) is 41.3 Å². The molecule has 0 fully saturated rings. The minimum absolute atomic E-state index is 0.815. The Bertz CT molecular complexity index is 477. The summed E-state index contributed by atoms with van der Waals surface area (Å²) in [6.07, 6.45) is 2.06. The van der Waals surface area contributed by atoms with E-state index in [0.29, 0.717) is 0 Å². The van der Waals surface area contributed by atoms with Crippen molar-refractivity contribution in [3.63, 3.8) is 0 Å². The Morgan fingerprint density at radius 3 is 2.65 bits per heavy atom. The van der Waals surface area contributed by atoms with E-state index in [-0.39, 0.29) is 0 Å². The van der Waals surface area contributed by atoms with Gasteiger partial charge in [-0.15, -0.1) is 0 Å². The van der Waals surface area contributed by atoms with Gasteiger partial charge >= 0.3 is 0 Å². The van der Waals surface area contributed by atoms with Gasteiger partial charge in [0, 0.05) is 37.6 Å². The van der Waals surface area contributed by atoms with Crippen LogP contribution in [0.2, 0.25) is 0 Å². The summed E-state index contributed by atoms with van der Waals surface area (Å²) in [4.78, 5) is 0. The standard InChI is InChI=1S/C14H18N2O/c1-16-9-5-7-13(16)11-15-10-12-6-3-4-8-14(12)17-2/h3-9,15H,10-11H2,1-2H3. The molecule has 1 aromatic carbocycles. The lowest BCUT2D eigenvalue weighted by atomic mass is 10.2. The van der Waals surface area contributed by atoms with E-state index in [4.69, 9.17) is 4.74 Å². The molecule has 17 heavy (non-hydrogen) atoms. The van der Waals surface area contributed by atoms with Crippen molar-refractivity contribution in [1.82, 2.24) is 9.88 Å². The first-order valence-electron chi connectivity index (χ1n) is 5.74. The molecule has 3 nitrogen and oxygen atoms in total. The van der Waals surface area contributed by atoms with Gasteiger partial charge in [0.15, 0.2) is 0 Å². The number of methoxy groups -OCH3 is 1. The summed E-state index contributed by atoms with van der Waals surface area (Å²) in [7, 11) is 3.76. The second kappa shape index (κ2) is 5.55. The highest BCUT2D eigenvalue weighted by Crippen LogP contribution is 2.16. The largest absolute Gasteiger partial charge is 0.496 e. The third-order valence-electron chi connectivity index (χ3n) is 2.87. The smallest absolute Gasteiger partial charge is 0.123 e. The van der Waals surface area contributed by atoms with Crippen LogP contribution >= 0.6 is 0 Å². The zero-order valence-corrected chi connectivity index (χ0v) is 10.3. The number of para-hydroxylation sites is 1. The quantitative estimate of drug-likeness (QED) is 0.853. The first-order valence-corrected chi connectivity index (χ1v) is 5.74. The zero-order valence-electron chi connectivity index (χ0n) is 10.3. The molecule has 0 bridgehead atoms. The topological polar surface area (TPSA) is 26.2 Å². The summed E-state index contributed by atoms with van der Waals surface area (Å²) in [5.74, 6) is 0.937. The molecule has 0 aliphatic rings. The van der Waals surface area contributed by atoms with E-state index in [1.807, 2.05) is 18.2 Å². The van der Waals surface area contributed by atoms with E-state index in [1.165, 1.54) is 11.3 Å². The summed E-state index contributed by atoms with van der Waals surface area (Å²) < 4.78 is 7.43. The molecule has 0 atom stereocenters. The number of aromatic nitrogens is 1. The van der Waals surface area contributed by atoms with Crippen LogP contribution in [0.25, 0.3) is 0 Å². The van der Waals surface area contributed by atoms with Crippen molar-refractivity contribution in [1.29, 1.82) is 0 Å². The average Bonchev–Trinajstić information content (AvgIpc) is 2.76. The van der Waals surface area contributed by atoms with Crippen LogP contribution in [0.15, 0.2) is 42.6 Å². The van der Waals surface area contributed by atoms with E-state index >= 15 is 0 Å². The Morgan fingerprint density at radius 1 is 1.12 bits per heavy atom. The van der Waals surface area contributed by atoms with Crippen LogP contribution in [0.1, 0.15) is 11.3 Å². The number of ether oxygens (including phenoxy) is 1. The van der Waals surface area contributed by atoms with Crippen molar-refractivity contribution in [2.45, 2.75) is 13.1 Å². The third-order valence-corrected chi connectivity index (χ3v) is 2.87. The van der Waals surface area contributed by atoms with Gasteiger partial charge in [-0.2, -0.15) is 0 Å². The van der Waals surface area contributed by atoms with E-state index in [9.17, 15) is 0 Å². The van der Waals surface area contributed by atoms with Crippen LogP contribution in [0.4, 0.5) is 0 Å². The second-order valence-corrected chi connectivity index (χ2v) is 4.03. The number of hydrogen-bond acceptors (Lipinski definition) is 2. The van der Waals surface area contributed by atoms with Gasteiger partial charge in [0.05, 0.1) is 7.11 Å². The van der Waals surface area contributed by atoms with Crippen LogP contribution in [0.3, 0.4) is 0 Å². The summed E-state index contributed by atoms with van der Waals surface area (Å²) >= 11 is 0. The molecular formula is C14H18N2O. The molecule has 0 aliphatic carbocycles. The van der Waals surface area contributed by atoms with Gasteiger partial charge in [-0.05, 0) is 18.2 Å². The van der Waals surface area contributed by atoms with Crippen molar-refractivity contribution >= 4 is 0 Å². The summed E-state index contributed by atoms with van der Waals surface area (Å²) in [6.45, 7) is 1.68. The minimum atomic E-state index is 0.815. The number of rotatable bonds is 5. The predicted molar refractivity (Wildman–Crippen MR) is 69.0 cm³/mol. The first kappa shape index (κ1) is 11.7. The van der Waals surface area contributed by atoms with Crippen LogP contribution in [0, 0.1) is 0 Å². The highest BCUT2D eigenvalue weighted by Gasteiger charge is 2.01. The maximum absolute atomic E-state index is 5.31. The second-order valence-electron chi connectivity index (χ2n) is 4.03. The lowest BCUT2D eigenvalue weighted by molar-refractivity contribution is 0.407. The number of aryl methyl sites for hydroxylation is 1. The van der Waals surface area contributed by atoms with Crippen LogP contribution in [-0.2, 0) is 20.1 Å². The van der Waals surface area contributed by atoms with Crippen LogP contribution < -0.4 is 10.1 Å². The molecule has 0 unspecified atom stereocenters. The fourth-order valence-electron chi connectivity index (χ4n) is 1.85. The van der Waals surface area contributed by atoms with Gasteiger partial charge in [-0.25, -0.2) is 0 Å². The number of hydrogen-bond donors (Lipinski definition) is 1. The van der Waals surface area contributed by atoms with E-state index < -0.39 is 0 Å². The van der Waals surface area contributed by atoms with Gasteiger partial charge in [0.1, 0.15) is 5.75 Å².